The van der Waals surface area contributed by atoms with Crippen LogP contribution < -0.4 is 5.32 Å². The molecule has 2 rings (SSSR count). The number of nitrogens with one attached hydrogen (secondary N) is 1. The summed E-state index contributed by atoms with van der Waals surface area (Å²) in [5, 5.41) is 13.8. The van der Waals surface area contributed by atoms with Crippen molar-refractivity contribution < 1.29 is 18.7 Å². The lowest BCUT2D eigenvalue weighted by molar-refractivity contribution is 0.0699. The average molecular weight is 283 g/mol. The first-order valence-electron chi connectivity index (χ1n) is 5.44. The van der Waals surface area contributed by atoms with Crippen LogP contribution in [-0.4, -0.2) is 18.1 Å². The van der Waals surface area contributed by atoms with E-state index in [2.05, 4.69) is 5.32 Å². The molecule has 0 bridgehead atoms. The summed E-state index contributed by atoms with van der Waals surface area (Å²) in [5.41, 5.74) is 0.272. The van der Waals surface area contributed by atoms with Crippen LogP contribution in [0.15, 0.2) is 17.5 Å². The number of thiophene rings is 1. The van der Waals surface area contributed by atoms with E-state index < -0.39 is 17.6 Å². The number of carboxylic acid groups (broad SMARTS) is 1. The lowest BCUT2D eigenvalue weighted by atomic mass is 10.0. The Bertz CT molecular complexity index is 652. The fourth-order valence-corrected chi connectivity index (χ4v) is 2.72. The van der Waals surface area contributed by atoms with Crippen molar-refractivity contribution in [2.24, 2.45) is 0 Å². The Kier molecular flexibility index (Phi) is 3.53. The van der Waals surface area contributed by atoms with E-state index in [4.69, 9.17) is 0 Å². The van der Waals surface area contributed by atoms with E-state index in [9.17, 15) is 18.7 Å². The number of aromatic carboxylic acids is 1. The predicted octanol–water partition coefficient (Wildman–Crippen LogP) is 3.74. The lowest BCUT2D eigenvalue weighted by Gasteiger charge is -2.06. The van der Waals surface area contributed by atoms with Crippen LogP contribution in [0.1, 0.15) is 15.9 Å². The number of hydrogen-bond acceptors (Lipinski definition) is 3. The van der Waals surface area contributed by atoms with Gasteiger partial charge in [-0.2, -0.15) is 0 Å². The van der Waals surface area contributed by atoms with E-state index >= 15 is 0 Å². The summed E-state index contributed by atoms with van der Waals surface area (Å²) < 4.78 is 27.5. The van der Waals surface area contributed by atoms with E-state index in [0.29, 0.717) is 5.00 Å². The van der Waals surface area contributed by atoms with Gasteiger partial charge in [-0.1, -0.05) is 12.1 Å². The highest BCUT2D eigenvalue weighted by Crippen LogP contribution is 2.37. The van der Waals surface area contributed by atoms with Gasteiger partial charge in [-0.15, -0.1) is 11.3 Å². The van der Waals surface area contributed by atoms with Gasteiger partial charge >= 0.3 is 5.97 Å². The zero-order valence-corrected chi connectivity index (χ0v) is 11.1. The summed E-state index contributed by atoms with van der Waals surface area (Å²) in [6, 6.07) is 2.82. The fraction of sp³-hybridized carbons (Fsp3) is 0.154. The molecule has 0 aliphatic rings. The smallest absolute Gasteiger partial charge is 0.339 e. The van der Waals surface area contributed by atoms with Crippen LogP contribution in [0.25, 0.3) is 11.1 Å². The van der Waals surface area contributed by atoms with Gasteiger partial charge in [0.2, 0.25) is 0 Å². The molecule has 2 N–H and O–H groups in total. The molecule has 6 heteroatoms. The molecular weight excluding hydrogens is 272 g/mol. The van der Waals surface area contributed by atoms with Crippen LogP contribution in [0.5, 0.6) is 0 Å². The Morgan fingerprint density at radius 3 is 2.53 bits per heavy atom. The SMILES string of the molecule is CNc1scc(-c2ccc(C)c(F)c2F)c1C(=O)O. The molecule has 0 amide bonds. The van der Waals surface area contributed by atoms with Gasteiger partial charge in [0.05, 0.1) is 0 Å². The molecule has 2 aromatic rings. The molecule has 0 unspecified atom stereocenters. The number of carboxylic acids is 1. The van der Waals surface area contributed by atoms with Crippen LogP contribution in [0.4, 0.5) is 13.8 Å². The molecule has 1 aromatic carbocycles. The summed E-state index contributed by atoms with van der Waals surface area (Å²) in [7, 11) is 1.58. The maximum atomic E-state index is 13.9. The predicted molar refractivity (Wildman–Crippen MR) is 70.9 cm³/mol. The molecule has 0 fully saturated rings. The number of benzene rings is 1. The zero-order valence-electron chi connectivity index (χ0n) is 10.3. The lowest BCUT2D eigenvalue weighted by Crippen LogP contribution is -2.02. The van der Waals surface area contributed by atoms with Crippen LogP contribution in [0.2, 0.25) is 0 Å². The number of hydrogen-bond donors (Lipinski definition) is 2. The Morgan fingerprint density at radius 2 is 1.95 bits per heavy atom. The van der Waals surface area contributed by atoms with Gasteiger partial charge in [-0.25, -0.2) is 13.6 Å². The van der Waals surface area contributed by atoms with Gasteiger partial charge in [-0.3, -0.25) is 0 Å². The molecule has 0 spiro atoms. The second kappa shape index (κ2) is 4.97. The van der Waals surface area contributed by atoms with Crippen molar-refractivity contribution in [3.05, 3.63) is 40.3 Å². The third-order valence-corrected chi connectivity index (χ3v) is 3.80. The van der Waals surface area contributed by atoms with Crippen LogP contribution in [0.3, 0.4) is 0 Å². The molecule has 1 heterocycles. The second-order valence-corrected chi connectivity index (χ2v) is 4.85. The van der Waals surface area contributed by atoms with Crippen LogP contribution in [0, 0.1) is 18.6 Å². The van der Waals surface area contributed by atoms with E-state index in [-0.39, 0.29) is 22.3 Å². The van der Waals surface area contributed by atoms with E-state index in [1.54, 1.807) is 7.05 Å². The molecule has 0 atom stereocenters. The van der Waals surface area contributed by atoms with Crippen molar-refractivity contribution >= 4 is 22.3 Å². The quantitative estimate of drug-likeness (QED) is 0.902. The number of halogens is 2. The summed E-state index contributed by atoms with van der Waals surface area (Å²) in [4.78, 5) is 11.2. The monoisotopic (exact) mass is 283 g/mol. The first kappa shape index (κ1) is 13.5. The van der Waals surface area contributed by atoms with Gasteiger partial charge in [0.15, 0.2) is 11.6 Å². The third-order valence-electron chi connectivity index (χ3n) is 2.80. The van der Waals surface area contributed by atoms with E-state index in [0.717, 1.165) is 11.3 Å². The zero-order chi connectivity index (χ0) is 14.2. The normalized spacial score (nSPS) is 10.5. The molecular formula is C13H11F2NO2S. The Labute approximate surface area is 112 Å². The molecule has 0 saturated heterocycles. The molecule has 3 nitrogen and oxygen atoms in total. The van der Waals surface area contributed by atoms with Crippen molar-refractivity contribution in [1.82, 2.24) is 0 Å². The molecule has 0 aliphatic heterocycles. The van der Waals surface area contributed by atoms with Crippen molar-refractivity contribution in [1.29, 1.82) is 0 Å². The standard InChI is InChI=1S/C13H11F2NO2S/c1-6-3-4-7(11(15)10(6)14)8-5-19-12(16-2)9(8)13(17)18/h3-5,16H,1-2H3,(H,17,18). The molecule has 19 heavy (non-hydrogen) atoms. The van der Waals surface area contributed by atoms with Gasteiger partial charge in [0, 0.05) is 23.6 Å². The number of aryl methyl sites for hydroxylation is 1. The highest BCUT2D eigenvalue weighted by atomic mass is 32.1. The molecule has 0 saturated carbocycles. The van der Waals surface area contributed by atoms with Crippen molar-refractivity contribution in [3.8, 4) is 11.1 Å². The average Bonchev–Trinajstić information content (AvgIpc) is 2.80. The van der Waals surface area contributed by atoms with E-state index in [1.165, 1.54) is 24.4 Å². The van der Waals surface area contributed by atoms with Gasteiger partial charge < -0.3 is 10.4 Å². The highest BCUT2D eigenvalue weighted by molar-refractivity contribution is 7.15. The largest absolute Gasteiger partial charge is 0.478 e. The summed E-state index contributed by atoms with van der Waals surface area (Å²) in [6.07, 6.45) is 0. The minimum atomic E-state index is -1.18. The van der Waals surface area contributed by atoms with E-state index in [1.807, 2.05) is 0 Å². The van der Waals surface area contributed by atoms with Gasteiger partial charge in [0.25, 0.3) is 0 Å². The molecule has 1 aromatic heterocycles. The molecule has 100 valence electrons. The maximum absolute atomic E-state index is 13.9. The Morgan fingerprint density at radius 1 is 1.26 bits per heavy atom. The van der Waals surface area contributed by atoms with Gasteiger partial charge in [0.1, 0.15) is 10.6 Å². The first-order valence-corrected chi connectivity index (χ1v) is 6.32. The number of rotatable bonds is 3. The minimum Gasteiger partial charge on any atom is -0.478 e. The molecule has 0 aliphatic carbocycles. The Hall–Kier alpha value is -1.95. The van der Waals surface area contributed by atoms with Crippen molar-refractivity contribution in [2.45, 2.75) is 6.92 Å². The topological polar surface area (TPSA) is 49.3 Å². The third kappa shape index (κ3) is 2.19. The fourth-order valence-electron chi connectivity index (χ4n) is 1.81. The van der Waals surface area contributed by atoms with Crippen LogP contribution >= 0.6 is 11.3 Å². The maximum Gasteiger partial charge on any atom is 0.339 e. The van der Waals surface area contributed by atoms with Crippen molar-refractivity contribution in [3.63, 3.8) is 0 Å². The summed E-state index contributed by atoms with van der Waals surface area (Å²) >= 11 is 1.14. The van der Waals surface area contributed by atoms with Crippen molar-refractivity contribution in [2.75, 3.05) is 12.4 Å². The number of carbonyl (C=O) groups is 1. The Balaban J connectivity index is 2.70. The second-order valence-electron chi connectivity index (χ2n) is 3.97. The molecule has 0 radical (unpaired) electrons. The minimum absolute atomic E-state index is 0.0433. The number of anilines is 1. The first-order chi connectivity index (χ1) is 8.97. The highest BCUT2D eigenvalue weighted by Gasteiger charge is 2.22. The van der Waals surface area contributed by atoms with Gasteiger partial charge in [-0.05, 0) is 12.5 Å². The summed E-state index contributed by atoms with van der Waals surface area (Å²) in [6.45, 7) is 1.45. The van der Waals surface area contributed by atoms with Crippen LogP contribution in [-0.2, 0) is 0 Å². The summed E-state index contributed by atoms with van der Waals surface area (Å²) in [5.74, 6) is -3.16.